The summed E-state index contributed by atoms with van der Waals surface area (Å²) in [4.78, 5) is 12.5. The highest BCUT2D eigenvalue weighted by Gasteiger charge is 2.20. The number of hydrogen-bond acceptors (Lipinski definition) is 3. The Morgan fingerprint density at radius 3 is 0.957 bits per heavy atom. The van der Waals surface area contributed by atoms with Gasteiger partial charge in [-0.05, 0) is 70.6 Å². The number of aliphatic hydroxyl groups is 2. The van der Waals surface area contributed by atoms with Gasteiger partial charge < -0.3 is 15.5 Å². The van der Waals surface area contributed by atoms with Crippen molar-refractivity contribution in [2.24, 2.45) is 0 Å². The molecule has 1 amide bonds. The molecule has 0 aliphatic rings. The summed E-state index contributed by atoms with van der Waals surface area (Å²) in [5.74, 6) is -0.0423. The minimum absolute atomic E-state index is 0.0423. The fraction of sp³-hybridized carbons (Fsp3) is 0.769. The van der Waals surface area contributed by atoms with E-state index in [-0.39, 0.29) is 12.5 Å². The highest BCUT2D eigenvalue weighted by atomic mass is 16.3. The zero-order valence-electron chi connectivity index (χ0n) is 46.1. The first-order valence-electron chi connectivity index (χ1n) is 30.3. The third kappa shape index (κ3) is 56.4. The summed E-state index contributed by atoms with van der Waals surface area (Å²) in [7, 11) is 0. The number of carbonyl (C=O) groups excluding carboxylic acids is 1. The summed E-state index contributed by atoms with van der Waals surface area (Å²) >= 11 is 0. The van der Waals surface area contributed by atoms with Crippen LogP contribution in [0.15, 0.2) is 85.1 Å². The Morgan fingerprint density at radius 2 is 0.638 bits per heavy atom. The number of amides is 1. The van der Waals surface area contributed by atoms with E-state index in [2.05, 4.69) is 104 Å². The molecular weight excluding hydrogens is 843 g/mol. The Kier molecular flexibility index (Phi) is 57.8. The first kappa shape index (κ1) is 66.6. The number of unbranched alkanes of at least 4 members (excludes halogenated alkanes) is 34. The first-order valence-corrected chi connectivity index (χ1v) is 30.3. The van der Waals surface area contributed by atoms with E-state index < -0.39 is 12.1 Å². The van der Waals surface area contributed by atoms with Gasteiger partial charge in [-0.1, -0.05) is 311 Å². The molecule has 0 aromatic heterocycles. The van der Waals surface area contributed by atoms with Gasteiger partial charge in [0.1, 0.15) is 0 Å². The van der Waals surface area contributed by atoms with Crippen LogP contribution in [0, 0.1) is 0 Å². The van der Waals surface area contributed by atoms with Crippen molar-refractivity contribution < 1.29 is 15.0 Å². The minimum Gasteiger partial charge on any atom is -0.394 e. The lowest BCUT2D eigenvalue weighted by molar-refractivity contribution is -0.123. The van der Waals surface area contributed by atoms with E-state index in [1.54, 1.807) is 0 Å². The van der Waals surface area contributed by atoms with Crippen LogP contribution >= 0.6 is 0 Å². The molecule has 4 nitrogen and oxygen atoms in total. The van der Waals surface area contributed by atoms with Crippen molar-refractivity contribution in [3.63, 3.8) is 0 Å². The predicted molar refractivity (Wildman–Crippen MR) is 308 cm³/mol. The third-order valence-corrected chi connectivity index (χ3v) is 13.7. The molecule has 0 saturated carbocycles. The van der Waals surface area contributed by atoms with Crippen molar-refractivity contribution in [2.45, 2.75) is 315 Å². The van der Waals surface area contributed by atoms with Crippen molar-refractivity contribution in [2.75, 3.05) is 6.61 Å². The number of allylic oxidation sites excluding steroid dienone is 14. The Morgan fingerprint density at radius 1 is 0.362 bits per heavy atom. The molecule has 0 spiro atoms. The number of rotatable bonds is 55. The highest BCUT2D eigenvalue weighted by molar-refractivity contribution is 5.76. The van der Waals surface area contributed by atoms with Crippen LogP contribution in [0.1, 0.15) is 303 Å². The monoisotopic (exact) mass is 960 g/mol. The summed E-state index contributed by atoms with van der Waals surface area (Å²) in [6, 6.07) is -0.550. The predicted octanol–water partition coefficient (Wildman–Crippen LogP) is 20.3. The van der Waals surface area contributed by atoms with Gasteiger partial charge in [0.15, 0.2) is 0 Å². The van der Waals surface area contributed by atoms with Crippen LogP contribution in [0.5, 0.6) is 0 Å². The van der Waals surface area contributed by atoms with Gasteiger partial charge in [-0.15, -0.1) is 0 Å². The van der Waals surface area contributed by atoms with Gasteiger partial charge in [0.2, 0.25) is 5.91 Å². The molecule has 0 bridgehead atoms. The lowest BCUT2D eigenvalue weighted by atomic mass is 10.0. The Hall–Kier alpha value is -2.43. The normalized spacial score (nSPS) is 13.4. The summed E-state index contributed by atoms with van der Waals surface area (Å²) in [6.45, 7) is 4.26. The SMILES string of the molecule is CC/C=C\C/C=C\C/C=C\C/C=C\C/C=C\C/C=C\C/C=C\CCCCCCCCCC(=O)NC(CO)C(O)CCCCCCCCCCCCCCCCCCCCCCCCCCCCCC. The molecular formula is C65H117NO3. The Balaban J connectivity index is 3.52. The van der Waals surface area contributed by atoms with E-state index in [1.807, 2.05) is 0 Å². The molecule has 0 fully saturated rings. The lowest BCUT2D eigenvalue weighted by Crippen LogP contribution is -2.45. The highest BCUT2D eigenvalue weighted by Crippen LogP contribution is 2.18. The average molecular weight is 961 g/mol. The van der Waals surface area contributed by atoms with Crippen LogP contribution in [0.4, 0.5) is 0 Å². The largest absolute Gasteiger partial charge is 0.394 e. The van der Waals surface area contributed by atoms with E-state index in [4.69, 9.17) is 0 Å². The Labute approximate surface area is 431 Å². The standard InChI is InChI=1S/C65H117NO3/c1-3-5-7-9-11-13-15-17-19-21-23-25-27-29-31-33-35-37-39-41-43-45-47-49-51-53-55-57-59-61-65(69)66-63(62-67)64(68)60-58-56-54-52-50-48-46-44-42-40-38-36-34-32-30-28-26-24-22-20-18-16-14-12-10-8-6-4-2/h5,7,11,13,17,19,23,25,29,31,35,37,41,43,63-64,67-68H,3-4,6,8-10,12,14-16,18,20-22,24,26-28,30,32-34,36,38-40,42,44-62H2,1-2H3,(H,66,69)/b7-5-,13-11-,19-17-,25-23-,31-29-,37-35-,43-41-. The minimum atomic E-state index is -0.672. The van der Waals surface area contributed by atoms with Crippen molar-refractivity contribution in [1.29, 1.82) is 0 Å². The van der Waals surface area contributed by atoms with Gasteiger partial charge in [0, 0.05) is 6.42 Å². The molecule has 3 N–H and O–H groups in total. The molecule has 0 aromatic rings. The third-order valence-electron chi connectivity index (χ3n) is 13.7. The van der Waals surface area contributed by atoms with E-state index in [1.165, 1.54) is 193 Å². The molecule has 0 aromatic carbocycles. The van der Waals surface area contributed by atoms with Crippen molar-refractivity contribution in [1.82, 2.24) is 5.32 Å². The lowest BCUT2D eigenvalue weighted by Gasteiger charge is -2.22. The molecule has 0 saturated heterocycles. The number of carbonyl (C=O) groups is 1. The van der Waals surface area contributed by atoms with Gasteiger partial charge in [-0.25, -0.2) is 0 Å². The molecule has 400 valence electrons. The van der Waals surface area contributed by atoms with Crippen LogP contribution in [-0.4, -0.2) is 34.9 Å². The van der Waals surface area contributed by atoms with Crippen LogP contribution in [-0.2, 0) is 4.79 Å². The summed E-state index contributed by atoms with van der Waals surface area (Å²) in [6.07, 6.45) is 87.3. The molecule has 0 aliphatic carbocycles. The van der Waals surface area contributed by atoms with E-state index in [0.29, 0.717) is 12.8 Å². The molecule has 4 heteroatoms. The zero-order chi connectivity index (χ0) is 49.9. The summed E-state index contributed by atoms with van der Waals surface area (Å²) in [5, 5.41) is 23.4. The fourth-order valence-corrected chi connectivity index (χ4v) is 9.11. The number of aliphatic hydroxyl groups excluding tert-OH is 2. The second-order valence-electron chi connectivity index (χ2n) is 20.4. The average Bonchev–Trinajstić information content (AvgIpc) is 3.35. The smallest absolute Gasteiger partial charge is 0.220 e. The quantitative estimate of drug-likeness (QED) is 0.0420. The van der Waals surface area contributed by atoms with Crippen LogP contribution in [0.25, 0.3) is 0 Å². The molecule has 0 radical (unpaired) electrons. The maximum Gasteiger partial charge on any atom is 0.220 e. The van der Waals surface area contributed by atoms with Gasteiger partial charge in [-0.3, -0.25) is 4.79 Å². The Bertz CT molecular complexity index is 1230. The first-order chi connectivity index (χ1) is 34.2. The fourth-order valence-electron chi connectivity index (χ4n) is 9.11. The number of hydrogen-bond donors (Lipinski definition) is 3. The molecule has 2 atom stereocenters. The van der Waals surface area contributed by atoms with Gasteiger partial charge in [0.05, 0.1) is 18.8 Å². The summed E-state index contributed by atoms with van der Waals surface area (Å²) < 4.78 is 0. The molecule has 69 heavy (non-hydrogen) atoms. The topological polar surface area (TPSA) is 69.6 Å². The van der Waals surface area contributed by atoms with Crippen LogP contribution < -0.4 is 5.32 Å². The molecule has 0 rings (SSSR count). The van der Waals surface area contributed by atoms with E-state index in [0.717, 1.165) is 83.5 Å². The van der Waals surface area contributed by atoms with Gasteiger partial charge in [-0.2, -0.15) is 0 Å². The zero-order valence-corrected chi connectivity index (χ0v) is 46.1. The van der Waals surface area contributed by atoms with Gasteiger partial charge in [0.25, 0.3) is 0 Å². The van der Waals surface area contributed by atoms with Gasteiger partial charge >= 0.3 is 0 Å². The second kappa shape index (κ2) is 59.9. The van der Waals surface area contributed by atoms with Crippen molar-refractivity contribution in [3.05, 3.63) is 85.1 Å². The summed E-state index contributed by atoms with van der Waals surface area (Å²) in [5.41, 5.74) is 0. The second-order valence-corrected chi connectivity index (χ2v) is 20.4. The molecule has 0 heterocycles. The van der Waals surface area contributed by atoms with Crippen molar-refractivity contribution >= 4 is 5.91 Å². The molecule has 2 unspecified atom stereocenters. The van der Waals surface area contributed by atoms with E-state index >= 15 is 0 Å². The molecule has 0 aliphatic heterocycles. The maximum absolute atomic E-state index is 12.5. The van der Waals surface area contributed by atoms with E-state index in [9.17, 15) is 15.0 Å². The van der Waals surface area contributed by atoms with Crippen LogP contribution in [0.3, 0.4) is 0 Å². The van der Waals surface area contributed by atoms with Crippen molar-refractivity contribution in [3.8, 4) is 0 Å². The number of nitrogens with one attached hydrogen (secondary N) is 1. The van der Waals surface area contributed by atoms with Crippen LogP contribution in [0.2, 0.25) is 0 Å². The maximum atomic E-state index is 12.5.